The Bertz CT molecular complexity index is 1490. The average molecular weight is 527 g/mol. The lowest BCUT2D eigenvalue weighted by atomic mass is 9.96. The van der Waals surface area contributed by atoms with E-state index in [2.05, 4.69) is 73.7 Å². The second-order valence-corrected chi connectivity index (χ2v) is 10.3. The Hall–Kier alpha value is -3.84. The molecule has 38 heavy (non-hydrogen) atoms. The van der Waals surface area contributed by atoms with Crippen molar-refractivity contribution < 1.29 is 9.47 Å². The number of hydrogen-bond acceptors (Lipinski definition) is 4. The zero-order chi connectivity index (χ0) is 27.1. The van der Waals surface area contributed by atoms with Crippen LogP contribution in [0.2, 0.25) is 0 Å². The lowest BCUT2D eigenvalue weighted by Gasteiger charge is -2.29. The summed E-state index contributed by atoms with van der Waals surface area (Å²) in [6.45, 7) is 10.9. The van der Waals surface area contributed by atoms with Crippen molar-refractivity contribution in [1.29, 1.82) is 0 Å². The Morgan fingerprint density at radius 3 is 2.26 bits per heavy atom. The van der Waals surface area contributed by atoms with Crippen LogP contribution in [0.4, 0.5) is 5.69 Å². The Morgan fingerprint density at radius 2 is 1.63 bits per heavy atom. The van der Waals surface area contributed by atoms with E-state index in [1.807, 2.05) is 36.5 Å². The quantitative estimate of drug-likeness (QED) is 0.285. The number of pyridine rings is 1. The number of rotatable bonds is 6. The summed E-state index contributed by atoms with van der Waals surface area (Å²) in [7, 11) is 3.32. The van der Waals surface area contributed by atoms with Gasteiger partial charge in [-0.2, -0.15) is 0 Å². The predicted octanol–water partition coefficient (Wildman–Crippen LogP) is 6.61. The number of ether oxygens (including phenoxy) is 2. The molecule has 0 saturated carbocycles. The monoisotopic (exact) mass is 526 g/mol. The van der Waals surface area contributed by atoms with Crippen molar-refractivity contribution in [1.82, 2.24) is 14.9 Å². The zero-order valence-electron chi connectivity index (χ0n) is 23.0. The van der Waals surface area contributed by atoms with Crippen LogP contribution < -0.4 is 19.7 Å². The first-order valence-electron chi connectivity index (χ1n) is 12.7. The third-order valence-electron chi connectivity index (χ3n) is 7.39. The highest BCUT2D eigenvalue weighted by atomic mass is 32.1. The Morgan fingerprint density at radius 1 is 0.895 bits per heavy atom. The maximum absolute atomic E-state index is 5.97. The number of thiocarbonyl (C=S) groups is 1. The largest absolute Gasteiger partial charge is 0.497 e. The van der Waals surface area contributed by atoms with E-state index in [1.54, 1.807) is 14.2 Å². The molecule has 4 aromatic rings. The second-order valence-electron chi connectivity index (χ2n) is 9.94. The van der Waals surface area contributed by atoms with E-state index in [4.69, 9.17) is 26.7 Å². The highest BCUT2D eigenvalue weighted by molar-refractivity contribution is 7.80. The van der Waals surface area contributed by atoms with Gasteiger partial charge in [-0.05, 0) is 93.9 Å². The minimum absolute atomic E-state index is 0.147. The van der Waals surface area contributed by atoms with E-state index >= 15 is 0 Å². The molecule has 1 N–H and O–H groups in total. The molecular weight excluding hydrogens is 492 g/mol. The minimum atomic E-state index is -0.148. The maximum Gasteiger partial charge on any atom is 0.174 e. The predicted molar refractivity (Wildman–Crippen MR) is 157 cm³/mol. The molecule has 1 saturated heterocycles. The summed E-state index contributed by atoms with van der Waals surface area (Å²) in [6.07, 6.45) is 1.83. The van der Waals surface area contributed by atoms with Gasteiger partial charge < -0.3 is 24.3 Å². The van der Waals surface area contributed by atoms with E-state index in [0.717, 1.165) is 17.1 Å². The molecule has 0 amide bonds. The van der Waals surface area contributed by atoms with Gasteiger partial charge in [-0.1, -0.05) is 23.8 Å². The third kappa shape index (κ3) is 4.31. The van der Waals surface area contributed by atoms with Crippen LogP contribution in [0.25, 0.3) is 5.69 Å². The van der Waals surface area contributed by atoms with Gasteiger partial charge in [0, 0.05) is 23.7 Å². The van der Waals surface area contributed by atoms with Crippen LogP contribution in [0.1, 0.15) is 51.4 Å². The summed E-state index contributed by atoms with van der Waals surface area (Å²) in [4.78, 5) is 6.88. The van der Waals surface area contributed by atoms with Crippen LogP contribution in [0.5, 0.6) is 11.5 Å². The van der Waals surface area contributed by atoms with Crippen molar-refractivity contribution in [2.45, 2.75) is 46.7 Å². The highest BCUT2D eigenvalue weighted by Gasteiger charge is 2.43. The van der Waals surface area contributed by atoms with Crippen molar-refractivity contribution in [2.75, 3.05) is 19.1 Å². The zero-order valence-corrected chi connectivity index (χ0v) is 23.8. The van der Waals surface area contributed by atoms with Crippen molar-refractivity contribution in [3.63, 3.8) is 0 Å². The summed E-state index contributed by atoms with van der Waals surface area (Å²) in [5.41, 5.74) is 10.3. The first-order valence-corrected chi connectivity index (χ1v) is 13.2. The number of benzene rings is 2. The molecule has 6 nitrogen and oxygen atoms in total. The molecule has 0 bridgehead atoms. The first-order chi connectivity index (χ1) is 18.2. The maximum atomic E-state index is 5.97. The average Bonchev–Trinajstić information content (AvgIpc) is 3.39. The molecule has 5 rings (SSSR count). The van der Waals surface area contributed by atoms with Gasteiger partial charge in [-0.15, -0.1) is 0 Å². The number of nitrogens with zero attached hydrogens (tertiary/aromatic N) is 3. The molecule has 1 fully saturated rings. The highest BCUT2D eigenvalue weighted by Crippen LogP contribution is 2.47. The van der Waals surface area contributed by atoms with Gasteiger partial charge in [-0.3, -0.25) is 4.98 Å². The molecule has 2 atom stereocenters. The number of nitrogens with one attached hydrogen (secondary N) is 1. The van der Waals surface area contributed by atoms with Gasteiger partial charge >= 0.3 is 0 Å². The summed E-state index contributed by atoms with van der Waals surface area (Å²) in [5.74, 6) is 1.42. The van der Waals surface area contributed by atoms with Gasteiger partial charge in [0.05, 0.1) is 43.4 Å². The Labute approximate surface area is 230 Å². The smallest absolute Gasteiger partial charge is 0.174 e. The molecule has 0 unspecified atom stereocenters. The second kappa shape index (κ2) is 10.1. The molecule has 0 radical (unpaired) electrons. The molecule has 0 spiro atoms. The fourth-order valence-electron chi connectivity index (χ4n) is 5.87. The van der Waals surface area contributed by atoms with Crippen LogP contribution >= 0.6 is 12.2 Å². The number of methoxy groups -OCH3 is 2. The normalized spacial score (nSPS) is 17.0. The Kier molecular flexibility index (Phi) is 6.88. The van der Waals surface area contributed by atoms with Crippen LogP contribution in [-0.4, -0.2) is 28.9 Å². The molecular formula is C31H34N4O2S. The summed E-state index contributed by atoms with van der Waals surface area (Å²) >= 11 is 5.97. The summed E-state index contributed by atoms with van der Waals surface area (Å²) < 4.78 is 13.7. The summed E-state index contributed by atoms with van der Waals surface area (Å²) in [5, 5.41) is 4.20. The molecule has 1 aliphatic heterocycles. The molecule has 7 heteroatoms. The van der Waals surface area contributed by atoms with Crippen LogP contribution in [0, 0.1) is 34.6 Å². The standard InChI is InChI=1S/C31H34N4O2S/c1-18-14-19(2)29(20(3)15-18)34-21(4)16-24(22(34)5)30-28(25-10-8-9-13-32-25)33-31(38)35(30)26-12-11-23(36-6)17-27(26)37-7/h8-17,28,30H,1-7H3,(H,33,38)/t28-,30-/m0/s1. The fraction of sp³-hybridized carbons (Fsp3) is 0.290. The molecule has 0 aliphatic carbocycles. The fourth-order valence-corrected chi connectivity index (χ4v) is 6.21. The molecule has 2 aromatic carbocycles. The summed E-state index contributed by atoms with van der Waals surface area (Å²) in [6, 6.07) is 18.3. The van der Waals surface area contributed by atoms with Crippen LogP contribution in [-0.2, 0) is 0 Å². The lowest BCUT2D eigenvalue weighted by molar-refractivity contribution is 0.394. The van der Waals surface area contributed by atoms with E-state index in [1.165, 1.54) is 39.3 Å². The van der Waals surface area contributed by atoms with Gasteiger partial charge in [0.15, 0.2) is 5.11 Å². The van der Waals surface area contributed by atoms with Crippen molar-refractivity contribution >= 4 is 23.0 Å². The van der Waals surface area contributed by atoms with Gasteiger partial charge in [0.2, 0.25) is 0 Å². The van der Waals surface area contributed by atoms with E-state index in [9.17, 15) is 0 Å². The van der Waals surface area contributed by atoms with Gasteiger partial charge in [-0.25, -0.2) is 0 Å². The van der Waals surface area contributed by atoms with E-state index in [-0.39, 0.29) is 12.1 Å². The lowest BCUT2D eigenvalue weighted by Crippen LogP contribution is -2.30. The Balaban J connectivity index is 1.73. The number of hydrogen-bond donors (Lipinski definition) is 1. The van der Waals surface area contributed by atoms with Crippen molar-refractivity contribution in [2.24, 2.45) is 0 Å². The number of aromatic nitrogens is 2. The molecule has 3 heterocycles. The first kappa shape index (κ1) is 25.8. The number of anilines is 1. The SMILES string of the molecule is COc1ccc(N2C(=S)N[C@@H](c3ccccn3)[C@@H]2c2cc(C)n(-c3c(C)cc(C)cc3C)c2C)c(OC)c1. The van der Waals surface area contributed by atoms with Gasteiger partial charge in [0.25, 0.3) is 0 Å². The minimum Gasteiger partial charge on any atom is -0.497 e. The molecule has 1 aliphatic rings. The van der Waals surface area contributed by atoms with Crippen molar-refractivity contribution in [3.05, 3.63) is 100 Å². The van der Waals surface area contributed by atoms with E-state index < -0.39 is 0 Å². The third-order valence-corrected chi connectivity index (χ3v) is 7.71. The topological polar surface area (TPSA) is 51.5 Å². The van der Waals surface area contributed by atoms with E-state index in [0.29, 0.717) is 10.9 Å². The number of aryl methyl sites for hydroxylation is 4. The van der Waals surface area contributed by atoms with Crippen LogP contribution in [0.15, 0.2) is 60.8 Å². The van der Waals surface area contributed by atoms with Crippen molar-refractivity contribution in [3.8, 4) is 17.2 Å². The molecule has 196 valence electrons. The van der Waals surface area contributed by atoms with Crippen LogP contribution in [0.3, 0.4) is 0 Å². The van der Waals surface area contributed by atoms with Gasteiger partial charge in [0.1, 0.15) is 11.5 Å². The molecule has 2 aromatic heterocycles.